The second-order valence-corrected chi connectivity index (χ2v) is 5.81. The molecule has 1 fully saturated rings. The largest absolute Gasteiger partial charge is 0.445 e. The number of carbonyl (C=O) groups is 2. The van der Waals surface area contributed by atoms with E-state index in [1.807, 2.05) is 30.3 Å². The van der Waals surface area contributed by atoms with Gasteiger partial charge in [0.1, 0.15) is 6.61 Å². The van der Waals surface area contributed by atoms with Gasteiger partial charge in [0.05, 0.1) is 11.6 Å². The first-order chi connectivity index (χ1) is 12.2. The maximum atomic E-state index is 12.3. The molecular weight excluding hydrogens is 316 g/mol. The van der Waals surface area contributed by atoms with Gasteiger partial charge in [0.2, 0.25) is 0 Å². The van der Waals surface area contributed by atoms with Gasteiger partial charge in [-0.25, -0.2) is 4.79 Å². The van der Waals surface area contributed by atoms with E-state index in [4.69, 9.17) is 11.2 Å². The average Bonchev–Trinajstić information content (AvgIpc) is 2.63. The number of amides is 2. The number of carbonyl (C=O) groups excluding carboxylic acids is 2. The van der Waals surface area contributed by atoms with Crippen molar-refractivity contribution in [1.29, 1.82) is 0 Å². The molecule has 2 aromatic rings. The molecule has 0 unspecified atom stereocenters. The Morgan fingerprint density at radius 1 is 1.12 bits per heavy atom. The molecule has 5 nitrogen and oxygen atoms in total. The second kappa shape index (κ2) is 7.54. The normalized spacial score (nSPS) is 13.5. The van der Waals surface area contributed by atoms with E-state index in [2.05, 4.69) is 11.2 Å². The number of terminal acetylenes is 1. The molecule has 0 spiro atoms. The maximum Gasteiger partial charge on any atom is 0.410 e. The Morgan fingerprint density at radius 3 is 2.52 bits per heavy atom. The van der Waals surface area contributed by atoms with Gasteiger partial charge in [-0.15, -0.1) is 6.42 Å². The van der Waals surface area contributed by atoms with Gasteiger partial charge in [-0.05, 0) is 17.7 Å². The third-order valence-corrected chi connectivity index (χ3v) is 4.01. The molecule has 1 aliphatic rings. The number of benzene rings is 2. The SMILES string of the molecule is C#Cc1ccccc1C(=O)NC1CN(C(=O)OCc2ccccc2)C1. The molecule has 0 saturated carbocycles. The number of ether oxygens (including phenoxy) is 1. The van der Waals surface area contributed by atoms with Gasteiger partial charge in [0, 0.05) is 18.7 Å². The van der Waals surface area contributed by atoms with Gasteiger partial charge < -0.3 is 15.0 Å². The van der Waals surface area contributed by atoms with Gasteiger partial charge in [0.15, 0.2) is 0 Å². The minimum Gasteiger partial charge on any atom is -0.445 e. The first-order valence-corrected chi connectivity index (χ1v) is 7.99. The first kappa shape index (κ1) is 16.6. The summed E-state index contributed by atoms with van der Waals surface area (Å²) in [5.41, 5.74) is 1.96. The van der Waals surface area contributed by atoms with Gasteiger partial charge in [-0.1, -0.05) is 48.4 Å². The molecule has 126 valence electrons. The third kappa shape index (κ3) is 3.99. The van der Waals surface area contributed by atoms with Crippen molar-refractivity contribution in [2.45, 2.75) is 12.6 Å². The maximum absolute atomic E-state index is 12.3. The molecule has 0 aromatic heterocycles. The average molecular weight is 334 g/mol. The molecular formula is C20H18N2O3. The number of nitrogens with zero attached hydrogens (tertiary/aromatic N) is 1. The van der Waals surface area contributed by atoms with E-state index < -0.39 is 0 Å². The summed E-state index contributed by atoms with van der Waals surface area (Å²) in [7, 11) is 0. The van der Waals surface area contributed by atoms with Crippen LogP contribution in [0.2, 0.25) is 0 Å². The lowest BCUT2D eigenvalue weighted by atomic mass is 10.1. The van der Waals surface area contributed by atoms with E-state index >= 15 is 0 Å². The van der Waals surface area contributed by atoms with Gasteiger partial charge in [-0.3, -0.25) is 4.79 Å². The highest BCUT2D eigenvalue weighted by Gasteiger charge is 2.33. The van der Waals surface area contributed by atoms with Crippen LogP contribution < -0.4 is 5.32 Å². The topological polar surface area (TPSA) is 58.6 Å². The Labute approximate surface area is 146 Å². The molecule has 1 saturated heterocycles. The summed E-state index contributed by atoms with van der Waals surface area (Å²) >= 11 is 0. The summed E-state index contributed by atoms with van der Waals surface area (Å²) < 4.78 is 5.25. The van der Waals surface area contributed by atoms with Crippen molar-refractivity contribution in [3.05, 3.63) is 71.3 Å². The van der Waals surface area contributed by atoms with Crippen molar-refractivity contribution >= 4 is 12.0 Å². The van der Waals surface area contributed by atoms with Crippen LogP contribution in [0.15, 0.2) is 54.6 Å². The summed E-state index contributed by atoms with van der Waals surface area (Å²) in [6.45, 7) is 1.10. The quantitative estimate of drug-likeness (QED) is 0.874. The molecule has 1 heterocycles. The summed E-state index contributed by atoms with van der Waals surface area (Å²) in [5, 5.41) is 2.88. The van der Waals surface area contributed by atoms with Crippen molar-refractivity contribution in [2.24, 2.45) is 0 Å². The van der Waals surface area contributed by atoms with E-state index in [1.165, 1.54) is 0 Å². The lowest BCUT2D eigenvalue weighted by Gasteiger charge is -2.38. The molecule has 2 amide bonds. The Balaban J connectivity index is 1.45. The smallest absolute Gasteiger partial charge is 0.410 e. The molecule has 2 aromatic carbocycles. The number of rotatable bonds is 4. The Bertz CT molecular complexity index is 805. The van der Waals surface area contributed by atoms with E-state index in [1.54, 1.807) is 29.2 Å². The Morgan fingerprint density at radius 2 is 1.80 bits per heavy atom. The predicted octanol–water partition coefficient (Wildman–Crippen LogP) is 2.42. The molecule has 25 heavy (non-hydrogen) atoms. The molecule has 0 aliphatic carbocycles. The van der Waals surface area contributed by atoms with Crippen LogP contribution in [-0.2, 0) is 11.3 Å². The zero-order valence-corrected chi connectivity index (χ0v) is 13.6. The van der Waals surface area contributed by atoms with Gasteiger partial charge in [0.25, 0.3) is 5.91 Å². The Kier molecular flexibility index (Phi) is 5.00. The fraction of sp³-hybridized carbons (Fsp3) is 0.200. The first-order valence-electron chi connectivity index (χ1n) is 7.99. The van der Waals surface area contributed by atoms with E-state index in [0.29, 0.717) is 24.2 Å². The van der Waals surface area contributed by atoms with Crippen LogP contribution in [0.4, 0.5) is 4.79 Å². The molecule has 0 radical (unpaired) electrons. The molecule has 0 atom stereocenters. The number of likely N-dealkylation sites (tertiary alicyclic amines) is 1. The van der Waals surface area contributed by atoms with Crippen LogP contribution in [0.3, 0.4) is 0 Å². The third-order valence-electron chi connectivity index (χ3n) is 4.01. The fourth-order valence-corrected chi connectivity index (χ4v) is 2.60. The van der Waals surface area contributed by atoms with Crippen LogP contribution in [0.5, 0.6) is 0 Å². The van der Waals surface area contributed by atoms with Crippen molar-refractivity contribution in [3.63, 3.8) is 0 Å². The molecule has 1 N–H and O–H groups in total. The van der Waals surface area contributed by atoms with E-state index in [-0.39, 0.29) is 24.6 Å². The monoisotopic (exact) mass is 334 g/mol. The highest BCUT2D eigenvalue weighted by molar-refractivity contribution is 5.97. The predicted molar refractivity (Wildman–Crippen MR) is 93.8 cm³/mol. The van der Waals surface area contributed by atoms with Crippen LogP contribution in [-0.4, -0.2) is 36.0 Å². The molecule has 1 aliphatic heterocycles. The highest BCUT2D eigenvalue weighted by Crippen LogP contribution is 2.13. The summed E-state index contributed by atoms with van der Waals surface area (Å²) in [6, 6.07) is 16.4. The summed E-state index contributed by atoms with van der Waals surface area (Å²) in [6.07, 6.45) is 5.03. The van der Waals surface area contributed by atoms with Crippen LogP contribution >= 0.6 is 0 Å². The zero-order valence-electron chi connectivity index (χ0n) is 13.6. The second-order valence-electron chi connectivity index (χ2n) is 5.81. The van der Waals surface area contributed by atoms with Crippen molar-refractivity contribution < 1.29 is 14.3 Å². The molecule has 3 rings (SSSR count). The van der Waals surface area contributed by atoms with E-state index in [0.717, 1.165) is 5.56 Å². The standard InChI is InChI=1S/C20H18N2O3/c1-2-16-10-6-7-11-18(16)19(23)21-17-12-22(13-17)20(24)25-14-15-8-4-3-5-9-15/h1,3-11,17H,12-14H2,(H,21,23). The van der Waals surface area contributed by atoms with Crippen LogP contribution in [0, 0.1) is 12.3 Å². The molecule has 0 bridgehead atoms. The Hall–Kier alpha value is -3.26. The van der Waals surface area contributed by atoms with Crippen molar-refractivity contribution in [3.8, 4) is 12.3 Å². The number of hydrogen-bond donors (Lipinski definition) is 1. The number of hydrogen-bond acceptors (Lipinski definition) is 3. The fourth-order valence-electron chi connectivity index (χ4n) is 2.60. The summed E-state index contributed by atoms with van der Waals surface area (Å²) in [4.78, 5) is 25.8. The van der Waals surface area contributed by atoms with Gasteiger partial charge in [-0.2, -0.15) is 0 Å². The minimum atomic E-state index is -0.377. The zero-order chi connectivity index (χ0) is 17.6. The van der Waals surface area contributed by atoms with Crippen molar-refractivity contribution in [2.75, 3.05) is 13.1 Å². The molecule has 5 heteroatoms. The van der Waals surface area contributed by atoms with Gasteiger partial charge >= 0.3 is 6.09 Å². The summed E-state index contributed by atoms with van der Waals surface area (Å²) in [5.74, 6) is 2.27. The lowest BCUT2D eigenvalue weighted by Crippen LogP contribution is -2.61. The van der Waals surface area contributed by atoms with Crippen LogP contribution in [0.25, 0.3) is 0 Å². The van der Waals surface area contributed by atoms with Crippen LogP contribution in [0.1, 0.15) is 21.5 Å². The highest BCUT2D eigenvalue weighted by atomic mass is 16.6. The minimum absolute atomic E-state index is 0.0948. The van der Waals surface area contributed by atoms with E-state index in [9.17, 15) is 9.59 Å². The number of nitrogens with one attached hydrogen (secondary N) is 1. The lowest BCUT2D eigenvalue weighted by molar-refractivity contribution is 0.0560. The van der Waals surface area contributed by atoms with Crippen molar-refractivity contribution in [1.82, 2.24) is 10.2 Å².